The van der Waals surface area contributed by atoms with Crippen molar-refractivity contribution in [3.63, 3.8) is 0 Å². The zero-order valence-corrected chi connectivity index (χ0v) is 15.3. The van der Waals surface area contributed by atoms with Crippen molar-refractivity contribution >= 4 is 0 Å². The number of rotatable bonds is 5. The van der Waals surface area contributed by atoms with Crippen LogP contribution in [0.2, 0.25) is 0 Å². The van der Waals surface area contributed by atoms with Crippen LogP contribution in [0.4, 0.5) is 0 Å². The molecule has 1 unspecified atom stereocenters. The fraction of sp³-hybridized carbons (Fsp3) is 0.650. The van der Waals surface area contributed by atoms with Gasteiger partial charge in [0.25, 0.3) is 5.56 Å². The standard InChI is InChI=1S/C20H27N5O/c26-20-10-9-17(14-7-8-14)23-25(20)12-15-4-3-11-24(15)13-19-16-5-1-2-6-18(16)21-22-19/h9-10,14-15H,1-8,11-13H2,(H,21,22). The first-order chi connectivity index (χ1) is 12.8. The molecule has 1 atom stereocenters. The van der Waals surface area contributed by atoms with Gasteiger partial charge in [0.1, 0.15) is 0 Å². The summed E-state index contributed by atoms with van der Waals surface area (Å²) in [6, 6.07) is 3.99. The Hall–Kier alpha value is -1.95. The molecule has 138 valence electrons. The number of hydrogen-bond donors (Lipinski definition) is 1. The number of nitrogens with one attached hydrogen (secondary N) is 1. The van der Waals surface area contributed by atoms with Crippen molar-refractivity contribution in [1.82, 2.24) is 24.9 Å². The lowest BCUT2D eigenvalue weighted by Gasteiger charge is -2.24. The molecule has 1 N–H and O–H groups in total. The molecule has 3 aliphatic rings. The highest BCUT2D eigenvalue weighted by molar-refractivity contribution is 5.27. The quantitative estimate of drug-likeness (QED) is 0.896. The van der Waals surface area contributed by atoms with Crippen LogP contribution in [-0.2, 0) is 25.9 Å². The predicted octanol–water partition coefficient (Wildman–Crippen LogP) is 2.39. The number of aromatic amines is 1. The van der Waals surface area contributed by atoms with Crippen LogP contribution < -0.4 is 5.56 Å². The van der Waals surface area contributed by atoms with Crippen molar-refractivity contribution < 1.29 is 0 Å². The van der Waals surface area contributed by atoms with E-state index in [2.05, 4.69) is 20.2 Å². The number of H-pyrrole nitrogens is 1. The molecule has 1 aliphatic heterocycles. The molecule has 0 spiro atoms. The SMILES string of the molecule is O=c1ccc(C2CC2)nn1CC1CCCN1Cc1n[nH]c2c1CCCC2. The Bertz CT molecular complexity index is 850. The summed E-state index contributed by atoms with van der Waals surface area (Å²) < 4.78 is 1.71. The molecule has 0 radical (unpaired) electrons. The van der Waals surface area contributed by atoms with Gasteiger partial charge in [-0.05, 0) is 69.5 Å². The van der Waals surface area contributed by atoms with Crippen LogP contribution in [-0.4, -0.2) is 37.5 Å². The maximum atomic E-state index is 12.3. The van der Waals surface area contributed by atoms with Gasteiger partial charge in [-0.1, -0.05) is 0 Å². The van der Waals surface area contributed by atoms with E-state index in [0.29, 0.717) is 18.5 Å². The molecule has 6 heteroatoms. The van der Waals surface area contributed by atoms with Crippen LogP contribution in [0, 0.1) is 0 Å². The van der Waals surface area contributed by atoms with Crippen LogP contribution >= 0.6 is 0 Å². The first kappa shape index (κ1) is 16.2. The molecular formula is C20H27N5O. The summed E-state index contributed by atoms with van der Waals surface area (Å²) in [5.41, 5.74) is 5.14. The Morgan fingerprint density at radius 2 is 2.00 bits per heavy atom. The van der Waals surface area contributed by atoms with Crippen LogP contribution in [0.25, 0.3) is 0 Å². The largest absolute Gasteiger partial charge is 0.293 e. The molecule has 1 saturated heterocycles. The average molecular weight is 353 g/mol. The molecule has 0 aromatic carbocycles. The average Bonchev–Trinajstić information content (AvgIpc) is 3.30. The van der Waals surface area contributed by atoms with E-state index in [9.17, 15) is 4.79 Å². The van der Waals surface area contributed by atoms with E-state index < -0.39 is 0 Å². The van der Waals surface area contributed by atoms with Crippen LogP contribution in [0.1, 0.15) is 67.1 Å². The highest BCUT2D eigenvalue weighted by Crippen LogP contribution is 2.38. The molecule has 0 amide bonds. The first-order valence-corrected chi connectivity index (χ1v) is 10.1. The third kappa shape index (κ3) is 3.11. The second-order valence-corrected chi connectivity index (χ2v) is 8.15. The number of aryl methyl sites for hydroxylation is 1. The molecule has 0 bridgehead atoms. The van der Waals surface area contributed by atoms with Gasteiger partial charge in [0.2, 0.25) is 0 Å². The van der Waals surface area contributed by atoms with Crippen molar-refractivity contribution in [3.05, 3.63) is 45.1 Å². The van der Waals surface area contributed by atoms with Gasteiger partial charge in [-0.2, -0.15) is 10.2 Å². The lowest BCUT2D eigenvalue weighted by Crippen LogP contribution is -2.37. The third-order valence-electron chi connectivity index (χ3n) is 6.26. The molecule has 26 heavy (non-hydrogen) atoms. The molecule has 5 rings (SSSR count). The predicted molar refractivity (Wildman–Crippen MR) is 99.1 cm³/mol. The molecule has 6 nitrogen and oxygen atoms in total. The minimum absolute atomic E-state index is 0.0263. The minimum Gasteiger partial charge on any atom is -0.293 e. The number of aromatic nitrogens is 4. The van der Waals surface area contributed by atoms with E-state index in [1.54, 1.807) is 10.7 Å². The van der Waals surface area contributed by atoms with Crippen molar-refractivity contribution in [2.45, 2.75) is 76.4 Å². The van der Waals surface area contributed by atoms with E-state index in [4.69, 9.17) is 0 Å². The van der Waals surface area contributed by atoms with Crippen LogP contribution in [0.3, 0.4) is 0 Å². The highest BCUT2D eigenvalue weighted by atomic mass is 16.1. The zero-order valence-electron chi connectivity index (χ0n) is 15.3. The van der Waals surface area contributed by atoms with E-state index in [-0.39, 0.29) is 5.56 Å². The summed E-state index contributed by atoms with van der Waals surface area (Å²) in [5, 5.41) is 12.5. The summed E-state index contributed by atoms with van der Waals surface area (Å²) in [6.07, 6.45) is 9.59. The Balaban J connectivity index is 1.32. The first-order valence-electron chi connectivity index (χ1n) is 10.1. The molecule has 2 fully saturated rings. The Labute approximate surface area is 153 Å². The Morgan fingerprint density at radius 1 is 1.12 bits per heavy atom. The fourth-order valence-electron chi connectivity index (χ4n) is 4.57. The van der Waals surface area contributed by atoms with Crippen molar-refractivity contribution in [2.75, 3.05) is 6.54 Å². The van der Waals surface area contributed by atoms with Gasteiger partial charge in [0.05, 0.1) is 17.9 Å². The number of nitrogens with zero attached hydrogens (tertiary/aromatic N) is 4. The number of likely N-dealkylation sites (tertiary alicyclic amines) is 1. The molecule has 3 heterocycles. The second-order valence-electron chi connectivity index (χ2n) is 8.15. The lowest BCUT2D eigenvalue weighted by atomic mass is 9.96. The van der Waals surface area contributed by atoms with Gasteiger partial charge in [0, 0.05) is 30.3 Å². The monoisotopic (exact) mass is 353 g/mol. The van der Waals surface area contributed by atoms with Gasteiger partial charge in [-0.25, -0.2) is 4.68 Å². The molecular weight excluding hydrogens is 326 g/mol. The summed E-state index contributed by atoms with van der Waals surface area (Å²) in [6.45, 7) is 2.68. The maximum absolute atomic E-state index is 12.3. The molecule has 1 saturated carbocycles. The van der Waals surface area contributed by atoms with E-state index >= 15 is 0 Å². The molecule has 2 aromatic heterocycles. The van der Waals surface area contributed by atoms with E-state index in [1.807, 2.05) is 6.07 Å². The maximum Gasteiger partial charge on any atom is 0.266 e. The van der Waals surface area contributed by atoms with Crippen molar-refractivity contribution in [1.29, 1.82) is 0 Å². The topological polar surface area (TPSA) is 66.8 Å². The normalized spacial score (nSPS) is 23.3. The smallest absolute Gasteiger partial charge is 0.266 e. The third-order valence-corrected chi connectivity index (χ3v) is 6.26. The van der Waals surface area contributed by atoms with Gasteiger partial charge in [-0.3, -0.25) is 14.8 Å². The van der Waals surface area contributed by atoms with E-state index in [1.165, 1.54) is 49.1 Å². The summed E-state index contributed by atoms with van der Waals surface area (Å²) in [5.74, 6) is 0.581. The summed E-state index contributed by atoms with van der Waals surface area (Å²) in [7, 11) is 0. The molecule has 2 aliphatic carbocycles. The second kappa shape index (κ2) is 6.65. The number of hydrogen-bond acceptors (Lipinski definition) is 4. The highest BCUT2D eigenvalue weighted by Gasteiger charge is 2.29. The van der Waals surface area contributed by atoms with Crippen LogP contribution in [0.15, 0.2) is 16.9 Å². The Kier molecular flexibility index (Phi) is 4.15. The van der Waals surface area contributed by atoms with E-state index in [0.717, 1.165) is 38.0 Å². The van der Waals surface area contributed by atoms with Crippen LogP contribution in [0.5, 0.6) is 0 Å². The minimum atomic E-state index is 0.0263. The van der Waals surface area contributed by atoms with Gasteiger partial charge < -0.3 is 0 Å². The summed E-state index contributed by atoms with van der Waals surface area (Å²) in [4.78, 5) is 14.8. The van der Waals surface area contributed by atoms with Gasteiger partial charge in [-0.15, -0.1) is 0 Å². The summed E-state index contributed by atoms with van der Waals surface area (Å²) >= 11 is 0. The van der Waals surface area contributed by atoms with Crippen molar-refractivity contribution in [2.24, 2.45) is 0 Å². The lowest BCUT2D eigenvalue weighted by molar-refractivity contribution is 0.213. The van der Waals surface area contributed by atoms with Crippen molar-refractivity contribution in [3.8, 4) is 0 Å². The molecule has 2 aromatic rings. The number of fused-ring (bicyclic) bond motifs is 1. The fourth-order valence-corrected chi connectivity index (χ4v) is 4.57. The van der Waals surface area contributed by atoms with Gasteiger partial charge in [0.15, 0.2) is 0 Å². The van der Waals surface area contributed by atoms with Gasteiger partial charge >= 0.3 is 0 Å². The Morgan fingerprint density at radius 3 is 2.88 bits per heavy atom. The zero-order chi connectivity index (χ0) is 17.5.